The van der Waals surface area contributed by atoms with Crippen LogP contribution in [0.2, 0.25) is 0 Å². The van der Waals surface area contributed by atoms with Crippen LogP contribution in [0.5, 0.6) is 0 Å². The number of benzene rings is 3. The summed E-state index contributed by atoms with van der Waals surface area (Å²) in [4.78, 5) is 8.65. The number of nitrogens with one attached hydrogen (secondary N) is 1. The number of hydrogen-bond acceptors (Lipinski definition) is 3. The van der Waals surface area contributed by atoms with Crippen LogP contribution >= 0.6 is 0 Å². The fourth-order valence-electron chi connectivity index (χ4n) is 3.42. The molecule has 5 rings (SSSR count). The van der Waals surface area contributed by atoms with Crippen LogP contribution in [0.3, 0.4) is 0 Å². The van der Waals surface area contributed by atoms with Gasteiger partial charge in [0.25, 0.3) is 0 Å². The highest BCUT2D eigenvalue weighted by Crippen LogP contribution is 2.35. The number of halogens is 1. The van der Waals surface area contributed by atoms with Gasteiger partial charge in [0.2, 0.25) is 0 Å². The predicted molar refractivity (Wildman–Crippen MR) is 112 cm³/mol. The van der Waals surface area contributed by atoms with Crippen molar-refractivity contribution in [1.29, 1.82) is 0 Å². The van der Waals surface area contributed by atoms with Gasteiger partial charge in [0.05, 0.1) is 11.2 Å². The second kappa shape index (κ2) is 6.74. The number of para-hydroxylation sites is 1. The second-order valence-electron chi connectivity index (χ2n) is 6.59. The lowest BCUT2D eigenvalue weighted by Crippen LogP contribution is -2.00. The number of nitrogens with zero attached hydrogens (tertiary/aromatic N) is 2. The molecule has 0 aliphatic rings. The molecule has 0 bridgehead atoms. The summed E-state index contributed by atoms with van der Waals surface area (Å²) in [5.41, 5.74) is 3.01. The third kappa shape index (κ3) is 2.85. The first-order chi connectivity index (χ1) is 13.8. The van der Waals surface area contributed by atoms with Gasteiger partial charge in [-0.2, -0.15) is 0 Å². The summed E-state index contributed by atoms with van der Waals surface area (Å²) in [7, 11) is 0. The molecule has 28 heavy (non-hydrogen) atoms. The summed E-state index contributed by atoms with van der Waals surface area (Å²) < 4.78 is 15.6. The van der Waals surface area contributed by atoms with E-state index < -0.39 is 0 Å². The van der Waals surface area contributed by atoms with Crippen LogP contribution in [0, 0.1) is 5.82 Å². The van der Waals surface area contributed by atoms with E-state index in [2.05, 4.69) is 15.3 Å². The Kier molecular flexibility index (Phi) is 3.95. The summed E-state index contributed by atoms with van der Waals surface area (Å²) in [6.45, 7) is 0. The van der Waals surface area contributed by atoms with Crippen molar-refractivity contribution in [3.05, 3.63) is 97.1 Å². The van der Waals surface area contributed by atoms with Crippen LogP contribution < -0.4 is 5.32 Å². The van der Waals surface area contributed by atoms with Crippen LogP contribution in [-0.2, 0) is 0 Å². The topological polar surface area (TPSA) is 37.8 Å². The van der Waals surface area contributed by atoms with Crippen molar-refractivity contribution < 1.29 is 4.39 Å². The average Bonchev–Trinajstić information content (AvgIpc) is 2.76. The molecule has 3 aromatic carbocycles. The van der Waals surface area contributed by atoms with E-state index in [-0.39, 0.29) is 5.82 Å². The van der Waals surface area contributed by atoms with E-state index in [0.29, 0.717) is 11.4 Å². The van der Waals surface area contributed by atoms with Crippen molar-refractivity contribution in [3.63, 3.8) is 0 Å². The zero-order valence-corrected chi connectivity index (χ0v) is 14.9. The molecule has 0 aliphatic carbocycles. The lowest BCUT2D eigenvalue weighted by molar-refractivity contribution is 0.632. The molecule has 5 aromatic rings. The maximum atomic E-state index is 15.6. The molecule has 2 aromatic heterocycles. The predicted octanol–water partition coefficient (Wildman–Crippen LogP) is 6.33. The number of fused-ring (bicyclic) bond motifs is 2. The van der Waals surface area contributed by atoms with Crippen LogP contribution in [0.25, 0.3) is 32.9 Å². The minimum absolute atomic E-state index is 0.334. The standard InChI is InChI=1S/C24H16FN3/c25-22-23(18-10-9-16-5-1-2-6-17(16)15-18)28-21-8-4-3-7-20(21)24(22)27-19-11-13-26-14-12-19/h1-15H,(H,26,27,28). The summed E-state index contributed by atoms with van der Waals surface area (Å²) in [5, 5.41) is 6.11. The number of aromatic nitrogens is 2. The summed E-state index contributed by atoms with van der Waals surface area (Å²) in [6, 6.07) is 25.1. The minimum Gasteiger partial charge on any atom is -0.352 e. The van der Waals surface area contributed by atoms with Crippen molar-refractivity contribution in [2.75, 3.05) is 5.32 Å². The number of anilines is 2. The van der Waals surface area contributed by atoms with Gasteiger partial charge in [-0.25, -0.2) is 9.37 Å². The van der Waals surface area contributed by atoms with Crippen molar-refractivity contribution in [2.45, 2.75) is 0 Å². The SMILES string of the molecule is Fc1c(-c2ccc3ccccc3c2)nc2ccccc2c1Nc1ccncc1. The Bertz CT molecular complexity index is 1300. The van der Waals surface area contributed by atoms with Crippen molar-refractivity contribution in [3.8, 4) is 11.3 Å². The molecule has 3 nitrogen and oxygen atoms in total. The highest BCUT2D eigenvalue weighted by Gasteiger charge is 2.17. The molecule has 0 fully saturated rings. The molecule has 4 heteroatoms. The molecule has 2 heterocycles. The molecule has 134 valence electrons. The highest BCUT2D eigenvalue weighted by molar-refractivity contribution is 5.96. The maximum Gasteiger partial charge on any atom is 0.173 e. The Hall–Kier alpha value is -3.79. The fourth-order valence-corrected chi connectivity index (χ4v) is 3.42. The van der Waals surface area contributed by atoms with Gasteiger partial charge in [-0.1, -0.05) is 54.6 Å². The van der Waals surface area contributed by atoms with Crippen LogP contribution in [0.1, 0.15) is 0 Å². The van der Waals surface area contributed by atoms with Crippen LogP contribution in [0.4, 0.5) is 15.8 Å². The molecule has 0 spiro atoms. The van der Waals surface area contributed by atoms with Crippen molar-refractivity contribution in [1.82, 2.24) is 9.97 Å². The zero-order chi connectivity index (χ0) is 18.9. The first-order valence-corrected chi connectivity index (χ1v) is 9.04. The van der Waals surface area contributed by atoms with E-state index in [0.717, 1.165) is 32.9 Å². The first-order valence-electron chi connectivity index (χ1n) is 9.04. The van der Waals surface area contributed by atoms with E-state index in [1.165, 1.54) is 0 Å². The molecule has 0 saturated carbocycles. The first kappa shape index (κ1) is 16.4. The highest BCUT2D eigenvalue weighted by atomic mass is 19.1. The summed E-state index contributed by atoms with van der Waals surface area (Å²) in [6.07, 6.45) is 3.35. The maximum absolute atomic E-state index is 15.6. The summed E-state index contributed by atoms with van der Waals surface area (Å²) >= 11 is 0. The van der Waals surface area contributed by atoms with E-state index in [1.807, 2.05) is 78.9 Å². The molecule has 0 unspecified atom stereocenters. The Morgan fingerprint density at radius 3 is 2.36 bits per heavy atom. The summed E-state index contributed by atoms with van der Waals surface area (Å²) in [5.74, 6) is -0.370. The van der Waals surface area contributed by atoms with Gasteiger partial charge in [0, 0.05) is 29.0 Å². The van der Waals surface area contributed by atoms with Gasteiger partial charge in [-0.15, -0.1) is 0 Å². The van der Waals surface area contributed by atoms with Crippen molar-refractivity contribution >= 4 is 33.1 Å². The molecule has 0 radical (unpaired) electrons. The lowest BCUT2D eigenvalue weighted by Gasteiger charge is -2.14. The van der Waals surface area contributed by atoms with Gasteiger partial charge in [0.1, 0.15) is 5.69 Å². The quantitative estimate of drug-likeness (QED) is 0.406. The Morgan fingerprint density at radius 1 is 0.750 bits per heavy atom. The molecule has 0 atom stereocenters. The average molecular weight is 365 g/mol. The third-order valence-electron chi connectivity index (χ3n) is 4.81. The number of rotatable bonds is 3. The Morgan fingerprint density at radius 2 is 1.50 bits per heavy atom. The second-order valence-corrected chi connectivity index (χ2v) is 6.59. The Balaban J connectivity index is 1.73. The van der Waals surface area contributed by atoms with E-state index in [4.69, 9.17) is 0 Å². The third-order valence-corrected chi connectivity index (χ3v) is 4.81. The fraction of sp³-hybridized carbons (Fsp3) is 0. The molecular weight excluding hydrogens is 349 g/mol. The Labute approximate surface area is 161 Å². The number of hydrogen-bond donors (Lipinski definition) is 1. The van der Waals surface area contributed by atoms with E-state index in [1.54, 1.807) is 12.4 Å². The number of pyridine rings is 2. The van der Waals surface area contributed by atoms with E-state index in [9.17, 15) is 0 Å². The largest absolute Gasteiger partial charge is 0.352 e. The van der Waals surface area contributed by atoms with Gasteiger partial charge in [0.15, 0.2) is 5.82 Å². The molecule has 0 aliphatic heterocycles. The molecule has 0 saturated heterocycles. The van der Waals surface area contributed by atoms with E-state index >= 15 is 4.39 Å². The van der Waals surface area contributed by atoms with Gasteiger partial charge >= 0.3 is 0 Å². The minimum atomic E-state index is -0.370. The zero-order valence-electron chi connectivity index (χ0n) is 14.9. The monoisotopic (exact) mass is 365 g/mol. The van der Waals surface area contributed by atoms with Gasteiger partial charge in [-0.3, -0.25) is 4.98 Å². The molecule has 0 amide bonds. The van der Waals surface area contributed by atoms with Gasteiger partial charge in [-0.05, 0) is 35.0 Å². The normalized spacial score (nSPS) is 11.0. The molecular formula is C24H16FN3. The molecule has 1 N–H and O–H groups in total. The van der Waals surface area contributed by atoms with Gasteiger partial charge < -0.3 is 5.32 Å². The van der Waals surface area contributed by atoms with Crippen LogP contribution in [0.15, 0.2) is 91.3 Å². The smallest absolute Gasteiger partial charge is 0.173 e. The van der Waals surface area contributed by atoms with Crippen LogP contribution in [-0.4, -0.2) is 9.97 Å². The lowest BCUT2D eigenvalue weighted by atomic mass is 10.0. The van der Waals surface area contributed by atoms with Crippen molar-refractivity contribution in [2.24, 2.45) is 0 Å².